The molecule has 3 aromatic carbocycles. The molecule has 0 amide bonds. The maximum atomic E-state index is 13.1. The summed E-state index contributed by atoms with van der Waals surface area (Å²) in [5.74, 6) is 0.220. The van der Waals surface area contributed by atoms with Gasteiger partial charge in [-0.2, -0.15) is 0 Å². The molecule has 2 aromatic heterocycles. The van der Waals surface area contributed by atoms with Crippen LogP contribution in [0, 0.1) is 0 Å². The average molecular weight is 499 g/mol. The molecular weight excluding hydrogens is 476 g/mol. The molecule has 1 N–H and O–H groups in total. The van der Waals surface area contributed by atoms with E-state index in [-0.39, 0.29) is 23.9 Å². The predicted octanol–water partition coefficient (Wildman–Crippen LogP) is 4.84. The van der Waals surface area contributed by atoms with E-state index in [0.29, 0.717) is 11.3 Å². The Bertz CT molecular complexity index is 1700. The van der Waals surface area contributed by atoms with Gasteiger partial charge in [0.25, 0.3) is 10.0 Å². The van der Waals surface area contributed by atoms with Gasteiger partial charge in [0, 0.05) is 22.7 Å². The van der Waals surface area contributed by atoms with Crippen LogP contribution in [0.4, 0.5) is 11.5 Å². The fraction of sp³-hybridized carbons (Fsp3) is 0.0741. The largest absolute Gasteiger partial charge is 0.461 e. The Morgan fingerprint density at radius 1 is 1.03 bits per heavy atom. The van der Waals surface area contributed by atoms with Crippen LogP contribution < -0.4 is 5.32 Å². The minimum atomic E-state index is -3.71. The monoisotopic (exact) mass is 498 g/mol. The van der Waals surface area contributed by atoms with E-state index >= 15 is 0 Å². The van der Waals surface area contributed by atoms with Crippen LogP contribution in [-0.2, 0) is 26.0 Å². The van der Waals surface area contributed by atoms with Crippen molar-refractivity contribution in [3.63, 3.8) is 0 Å². The minimum absolute atomic E-state index is 0.119. The third-order valence-corrected chi connectivity index (χ3v) is 7.33. The summed E-state index contributed by atoms with van der Waals surface area (Å²) in [4.78, 5) is 20.9. The molecule has 2 heterocycles. The van der Waals surface area contributed by atoms with E-state index in [0.717, 1.165) is 27.5 Å². The fourth-order valence-electron chi connectivity index (χ4n) is 3.93. The van der Waals surface area contributed by atoms with Crippen molar-refractivity contribution in [3.8, 4) is 0 Å². The maximum Gasteiger partial charge on any atom is 0.310 e. The minimum Gasteiger partial charge on any atom is -0.461 e. The number of nitrogens with one attached hydrogen (secondary N) is 1. The van der Waals surface area contributed by atoms with Gasteiger partial charge >= 0.3 is 5.97 Å². The molecule has 0 saturated carbocycles. The van der Waals surface area contributed by atoms with Crippen molar-refractivity contribution in [1.29, 1.82) is 0 Å². The lowest BCUT2D eigenvalue weighted by Crippen LogP contribution is -2.11. The number of anilines is 2. The van der Waals surface area contributed by atoms with Crippen LogP contribution in [0.2, 0.25) is 0 Å². The van der Waals surface area contributed by atoms with Crippen LogP contribution >= 0.6 is 0 Å². The van der Waals surface area contributed by atoms with Crippen molar-refractivity contribution in [3.05, 3.63) is 104 Å². The number of esters is 1. The summed E-state index contributed by atoms with van der Waals surface area (Å²) in [7, 11) is -3.71. The van der Waals surface area contributed by atoms with Crippen molar-refractivity contribution >= 4 is 49.3 Å². The molecule has 0 bridgehead atoms. The van der Waals surface area contributed by atoms with E-state index < -0.39 is 10.0 Å². The lowest BCUT2D eigenvalue weighted by Gasteiger charge is -2.11. The Hall–Kier alpha value is -4.50. The lowest BCUT2D eigenvalue weighted by atomic mass is 10.1. The van der Waals surface area contributed by atoms with Gasteiger partial charge in [0.2, 0.25) is 0 Å². The highest BCUT2D eigenvalue weighted by Gasteiger charge is 2.18. The third-order valence-electron chi connectivity index (χ3n) is 5.63. The molecule has 0 aliphatic carbocycles. The highest BCUT2D eigenvalue weighted by atomic mass is 32.2. The number of aromatic nitrogens is 3. The molecule has 0 spiro atoms. The van der Waals surface area contributed by atoms with Gasteiger partial charge in [0.1, 0.15) is 18.8 Å². The maximum absolute atomic E-state index is 13.1. The van der Waals surface area contributed by atoms with Crippen molar-refractivity contribution in [2.24, 2.45) is 0 Å². The number of nitrogens with zero attached hydrogens (tertiary/aromatic N) is 3. The zero-order valence-electron chi connectivity index (χ0n) is 19.2. The Labute approximate surface area is 207 Å². The molecule has 5 rings (SSSR count). The Kier molecular flexibility index (Phi) is 6.22. The molecule has 0 saturated heterocycles. The SMILES string of the molecule is C=CCOC(=O)Cc1ccc2ncnc(Nc3ccc4c(ccn4S(=O)(=O)c4ccccc4)c3)c2c1. The zero-order valence-corrected chi connectivity index (χ0v) is 20.0. The summed E-state index contributed by atoms with van der Waals surface area (Å²) in [6.07, 6.45) is 4.66. The van der Waals surface area contributed by atoms with Crippen LogP contribution in [0.3, 0.4) is 0 Å². The van der Waals surface area contributed by atoms with Gasteiger partial charge in [0.05, 0.1) is 22.3 Å². The zero-order chi connectivity index (χ0) is 25.1. The number of ether oxygens (including phenoxy) is 1. The van der Waals surface area contributed by atoms with Crippen LogP contribution in [0.25, 0.3) is 21.8 Å². The van der Waals surface area contributed by atoms with Gasteiger partial charge in [-0.1, -0.05) is 36.9 Å². The number of hydrogen-bond donors (Lipinski definition) is 1. The van der Waals surface area contributed by atoms with Crippen molar-refractivity contribution in [2.75, 3.05) is 11.9 Å². The molecule has 36 heavy (non-hydrogen) atoms. The molecule has 180 valence electrons. The van der Waals surface area contributed by atoms with Crippen molar-refractivity contribution in [1.82, 2.24) is 13.9 Å². The topological polar surface area (TPSA) is 103 Å². The molecule has 8 nitrogen and oxygen atoms in total. The van der Waals surface area contributed by atoms with Crippen LogP contribution in [0.1, 0.15) is 5.56 Å². The van der Waals surface area contributed by atoms with E-state index in [4.69, 9.17) is 4.74 Å². The molecule has 0 atom stereocenters. The molecule has 5 aromatic rings. The third kappa shape index (κ3) is 4.56. The van der Waals surface area contributed by atoms with Gasteiger partial charge in [-0.25, -0.2) is 22.4 Å². The van der Waals surface area contributed by atoms with E-state index in [9.17, 15) is 13.2 Å². The molecule has 0 unspecified atom stereocenters. The van der Waals surface area contributed by atoms with Gasteiger partial charge in [0.15, 0.2) is 0 Å². The fourth-order valence-corrected chi connectivity index (χ4v) is 5.30. The standard InChI is InChI=1S/C27H22N4O4S/c1-2-14-35-26(32)16-19-8-10-24-23(15-19)27(29-18-28-24)30-21-9-11-25-20(17-21)12-13-31(25)36(33,34)22-6-4-3-5-7-22/h2-13,15,17-18H,1,14,16H2,(H,28,29,30). The Morgan fingerprint density at radius 2 is 1.86 bits per heavy atom. The highest BCUT2D eigenvalue weighted by Crippen LogP contribution is 2.28. The number of fused-ring (bicyclic) bond motifs is 2. The van der Waals surface area contributed by atoms with Gasteiger partial charge in [-0.3, -0.25) is 4.79 Å². The second-order valence-electron chi connectivity index (χ2n) is 8.05. The van der Waals surface area contributed by atoms with Crippen LogP contribution in [0.15, 0.2) is 103 Å². The van der Waals surface area contributed by atoms with Crippen LogP contribution in [-0.4, -0.2) is 34.9 Å². The summed E-state index contributed by atoms with van der Waals surface area (Å²) in [6, 6.07) is 21.0. The van der Waals surface area contributed by atoms with E-state index in [1.807, 2.05) is 24.3 Å². The number of carbonyl (C=O) groups excluding carboxylic acids is 1. The molecule has 9 heteroatoms. The highest BCUT2D eigenvalue weighted by molar-refractivity contribution is 7.90. The molecular formula is C27H22N4O4S. The predicted molar refractivity (Wildman–Crippen MR) is 139 cm³/mol. The number of hydrogen-bond acceptors (Lipinski definition) is 7. The summed E-state index contributed by atoms with van der Waals surface area (Å²) in [6.45, 7) is 3.71. The normalized spacial score (nSPS) is 11.4. The van der Waals surface area contributed by atoms with E-state index in [1.165, 1.54) is 16.4 Å². The van der Waals surface area contributed by atoms with Gasteiger partial charge < -0.3 is 10.1 Å². The first-order valence-electron chi connectivity index (χ1n) is 11.1. The smallest absolute Gasteiger partial charge is 0.310 e. The molecule has 0 aliphatic heterocycles. The van der Waals surface area contributed by atoms with Gasteiger partial charge in [-0.15, -0.1) is 0 Å². The van der Waals surface area contributed by atoms with Crippen molar-refractivity contribution < 1.29 is 17.9 Å². The first-order chi connectivity index (χ1) is 17.5. The first kappa shape index (κ1) is 23.3. The number of rotatable bonds is 8. The van der Waals surface area contributed by atoms with Gasteiger partial charge in [-0.05, 0) is 54.1 Å². The van der Waals surface area contributed by atoms with E-state index in [2.05, 4.69) is 21.9 Å². The summed E-state index contributed by atoms with van der Waals surface area (Å²) < 4.78 is 32.5. The number of carbonyl (C=O) groups is 1. The second kappa shape index (κ2) is 9.63. The molecule has 0 radical (unpaired) electrons. The lowest BCUT2D eigenvalue weighted by molar-refractivity contribution is -0.141. The summed E-state index contributed by atoms with van der Waals surface area (Å²) >= 11 is 0. The average Bonchev–Trinajstić information content (AvgIpc) is 3.32. The summed E-state index contributed by atoms with van der Waals surface area (Å²) in [5, 5.41) is 4.79. The molecule has 0 aliphatic rings. The first-order valence-corrected chi connectivity index (χ1v) is 12.6. The summed E-state index contributed by atoms with van der Waals surface area (Å²) in [5.41, 5.74) is 2.79. The Morgan fingerprint density at radius 3 is 2.67 bits per heavy atom. The Balaban J connectivity index is 1.45. The van der Waals surface area contributed by atoms with E-state index in [1.54, 1.807) is 54.7 Å². The van der Waals surface area contributed by atoms with Crippen molar-refractivity contribution in [2.45, 2.75) is 11.3 Å². The van der Waals surface area contributed by atoms with Crippen LogP contribution in [0.5, 0.6) is 0 Å². The quantitative estimate of drug-likeness (QED) is 0.241. The number of benzene rings is 3. The molecule has 0 fully saturated rings. The second-order valence-corrected chi connectivity index (χ2v) is 9.87.